The molecule has 0 spiro atoms. The Kier molecular flexibility index (Phi) is 6.29. The Balaban J connectivity index is 1.82. The zero-order valence-corrected chi connectivity index (χ0v) is 18.6. The highest BCUT2D eigenvalue weighted by Crippen LogP contribution is 2.49. The van der Waals surface area contributed by atoms with Gasteiger partial charge in [-0.2, -0.15) is 0 Å². The van der Waals surface area contributed by atoms with Crippen molar-refractivity contribution in [2.24, 2.45) is 0 Å². The van der Waals surface area contributed by atoms with E-state index in [1.807, 2.05) is 12.1 Å². The van der Waals surface area contributed by atoms with Gasteiger partial charge >= 0.3 is 5.97 Å². The van der Waals surface area contributed by atoms with Crippen LogP contribution in [0.2, 0.25) is 0 Å². The summed E-state index contributed by atoms with van der Waals surface area (Å²) in [4.78, 5) is 11.5. The van der Waals surface area contributed by atoms with Crippen LogP contribution in [-0.2, 0) is 4.79 Å². The van der Waals surface area contributed by atoms with Crippen molar-refractivity contribution in [3.8, 4) is 27.7 Å². The summed E-state index contributed by atoms with van der Waals surface area (Å²) in [6, 6.07) is 19.2. The normalized spacial score (nSPS) is 12.2. The molecule has 33 heavy (non-hydrogen) atoms. The topological polar surface area (TPSA) is 66.8 Å². The van der Waals surface area contributed by atoms with Gasteiger partial charge in [-0.1, -0.05) is 43.0 Å². The number of carbonyl (C=O) groups is 1. The molecule has 0 aliphatic rings. The molecule has 1 atom stereocenters. The van der Waals surface area contributed by atoms with E-state index < -0.39 is 12.1 Å². The van der Waals surface area contributed by atoms with E-state index in [9.17, 15) is 9.90 Å². The lowest BCUT2D eigenvalue weighted by atomic mass is 9.98. The fourth-order valence-corrected chi connectivity index (χ4v) is 4.67. The molecule has 4 aromatic rings. The molecule has 0 saturated heterocycles. The number of allylic oxidation sites excluding steroid dienone is 1. The number of carboxylic acids is 1. The van der Waals surface area contributed by atoms with Crippen LogP contribution in [0.1, 0.15) is 24.2 Å². The number of rotatable bonds is 7. The number of phenols is 1. The first-order valence-electron chi connectivity index (χ1n) is 10.2. The molecular formula is C27H21FO4S. The van der Waals surface area contributed by atoms with Crippen LogP contribution in [0.5, 0.6) is 17.2 Å². The number of hydrogen-bond donors (Lipinski definition) is 2. The number of aliphatic carboxylic acids is 1. The van der Waals surface area contributed by atoms with Gasteiger partial charge in [0.2, 0.25) is 0 Å². The van der Waals surface area contributed by atoms with Gasteiger partial charge < -0.3 is 14.9 Å². The van der Waals surface area contributed by atoms with Crippen LogP contribution in [0.25, 0.3) is 26.6 Å². The SMILES string of the molecule is C=C(C)C(F)c1ccccc1-c1sc2cc(O)ccc2c1Oc1ccc(/C=C/C(=O)O)cc1. The van der Waals surface area contributed by atoms with Crippen molar-refractivity contribution in [2.45, 2.75) is 13.1 Å². The van der Waals surface area contributed by atoms with E-state index in [-0.39, 0.29) is 5.75 Å². The monoisotopic (exact) mass is 460 g/mol. The van der Waals surface area contributed by atoms with Crippen LogP contribution in [0.3, 0.4) is 0 Å². The molecule has 0 bridgehead atoms. The van der Waals surface area contributed by atoms with Crippen molar-refractivity contribution in [3.05, 3.63) is 96.1 Å². The summed E-state index contributed by atoms with van der Waals surface area (Å²) >= 11 is 1.41. The average molecular weight is 461 g/mol. The molecule has 4 nitrogen and oxygen atoms in total. The summed E-state index contributed by atoms with van der Waals surface area (Å²) in [6.07, 6.45) is 1.24. The summed E-state index contributed by atoms with van der Waals surface area (Å²) in [5.74, 6) is 0.221. The summed E-state index contributed by atoms with van der Waals surface area (Å²) in [5, 5.41) is 19.6. The molecule has 0 fully saturated rings. The van der Waals surface area contributed by atoms with E-state index in [2.05, 4.69) is 6.58 Å². The van der Waals surface area contributed by atoms with Gasteiger partial charge in [0.1, 0.15) is 17.7 Å². The molecule has 0 aliphatic heterocycles. The van der Waals surface area contributed by atoms with Gasteiger partial charge in [0.15, 0.2) is 5.75 Å². The lowest BCUT2D eigenvalue weighted by Gasteiger charge is -2.15. The van der Waals surface area contributed by atoms with Crippen LogP contribution in [0, 0.1) is 0 Å². The van der Waals surface area contributed by atoms with Gasteiger partial charge in [-0.3, -0.25) is 0 Å². The summed E-state index contributed by atoms with van der Waals surface area (Å²) < 4.78 is 22.1. The third kappa shape index (κ3) is 4.81. The number of phenolic OH excluding ortho intramolecular Hbond substituents is 1. The number of hydrogen-bond acceptors (Lipinski definition) is 4. The van der Waals surface area contributed by atoms with Gasteiger partial charge in [0, 0.05) is 21.7 Å². The zero-order chi connectivity index (χ0) is 23.5. The van der Waals surface area contributed by atoms with Gasteiger partial charge in [-0.05, 0) is 60.0 Å². The van der Waals surface area contributed by atoms with Gasteiger partial charge in [-0.25, -0.2) is 9.18 Å². The van der Waals surface area contributed by atoms with Crippen LogP contribution >= 0.6 is 11.3 Å². The highest BCUT2D eigenvalue weighted by atomic mass is 32.1. The van der Waals surface area contributed by atoms with E-state index in [0.29, 0.717) is 28.2 Å². The number of thiophene rings is 1. The molecule has 4 rings (SSSR count). The molecule has 2 N–H and O–H groups in total. The minimum absolute atomic E-state index is 0.134. The number of aromatic hydroxyl groups is 1. The predicted octanol–water partition coefficient (Wildman–Crippen LogP) is 7.75. The van der Waals surface area contributed by atoms with Gasteiger partial charge in [0.25, 0.3) is 0 Å². The largest absolute Gasteiger partial charge is 0.508 e. The summed E-state index contributed by atoms with van der Waals surface area (Å²) in [6.45, 7) is 5.42. The zero-order valence-electron chi connectivity index (χ0n) is 17.8. The van der Waals surface area contributed by atoms with E-state index in [1.165, 1.54) is 17.4 Å². The minimum atomic E-state index is -1.33. The second-order valence-electron chi connectivity index (χ2n) is 7.58. The maximum Gasteiger partial charge on any atom is 0.328 e. The molecule has 1 heterocycles. The lowest BCUT2D eigenvalue weighted by molar-refractivity contribution is -0.131. The van der Waals surface area contributed by atoms with Crippen molar-refractivity contribution in [1.82, 2.24) is 0 Å². The van der Waals surface area contributed by atoms with E-state index in [4.69, 9.17) is 9.84 Å². The maximum absolute atomic E-state index is 15.0. The Morgan fingerprint density at radius 2 is 1.85 bits per heavy atom. The molecule has 6 heteroatoms. The van der Waals surface area contributed by atoms with Gasteiger partial charge in [-0.15, -0.1) is 11.3 Å². The van der Waals surface area contributed by atoms with Crippen LogP contribution in [-0.4, -0.2) is 16.2 Å². The highest BCUT2D eigenvalue weighted by Gasteiger charge is 2.22. The van der Waals surface area contributed by atoms with Gasteiger partial charge in [0.05, 0.1) is 4.88 Å². The van der Waals surface area contributed by atoms with Crippen molar-refractivity contribution in [3.63, 3.8) is 0 Å². The van der Waals surface area contributed by atoms with Crippen molar-refractivity contribution in [2.75, 3.05) is 0 Å². The molecule has 0 aliphatic carbocycles. The van der Waals surface area contributed by atoms with E-state index in [0.717, 1.165) is 26.6 Å². The van der Waals surface area contributed by atoms with Crippen molar-refractivity contribution in [1.29, 1.82) is 0 Å². The number of ether oxygens (including phenoxy) is 1. The molecule has 0 amide bonds. The number of halogens is 1. The number of benzene rings is 3. The molecule has 3 aromatic carbocycles. The molecular weight excluding hydrogens is 439 g/mol. The highest BCUT2D eigenvalue weighted by molar-refractivity contribution is 7.22. The molecule has 1 aromatic heterocycles. The molecule has 1 unspecified atom stereocenters. The predicted molar refractivity (Wildman–Crippen MR) is 131 cm³/mol. The first kappa shape index (κ1) is 22.3. The second kappa shape index (κ2) is 9.30. The van der Waals surface area contributed by atoms with Crippen molar-refractivity contribution >= 4 is 33.5 Å². The standard InChI is InChI=1S/C27H21FO4S/c1-16(2)25(28)20-5-3-4-6-21(20)27-26(22-13-10-18(29)15-23(22)33-27)32-19-11-7-17(8-12-19)9-14-24(30)31/h3-15,25,29H,1H2,2H3,(H,30,31)/b14-9+. The van der Waals surface area contributed by atoms with E-state index in [1.54, 1.807) is 61.5 Å². The Labute approximate surface area is 194 Å². The lowest BCUT2D eigenvalue weighted by Crippen LogP contribution is -1.96. The summed E-state index contributed by atoms with van der Waals surface area (Å²) in [5.41, 5.74) is 2.33. The third-order valence-electron chi connectivity index (χ3n) is 5.06. The second-order valence-corrected chi connectivity index (χ2v) is 8.63. The first-order valence-corrected chi connectivity index (χ1v) is 11.0. The fourth-order valence-electron chi connectivity index (χ4n) is 3.46. The van der Waals surface area contributed by atoms with Crippen LogP contribution < -0.4 is 4.74 Å². The molecule has 0 radical (unpaired) electrons. The number of fused-ring (bicyclic) bond motifs is 1. The average Bonchev–Trinajstić information content (AvgIpc) is 3.15. The minimum Gasteiger partial charge on any atom is -0.508 e. The Bertz CT molecular complexity index is 1370. The quantitative estimate of drug-likeness (QED) is 0.219. The first-order chi connectivity index (χ1) is 15.8. The molecule has 0 saturated carbocycles. The third-order valence-corrected chi connectivity index (χ3v) is 6.22. The Morgan fingerprint density at radius 3 is 2.55 bits per heavy atom. The van der Waals surface area contributed by atoms with Crippen molar-refractivity contribution < 1.29 is 24.1 Å². The van der Waals surface area contributed by atoms with E-state index >= 15 is 4.39 Å². The van der Waals surface area contributed by atoms with Crippen LogP contribution in [0.15, 0.2) is 85.0 Å². The summed E-state index contributed by atoms with van der Waals surface area (Å²) in [7, 11) is 0. The smallest absolute Gasteiger partial charge is 0.328 e. The van der Waals surface area contributed by atoms with Crippen LogP contribution in [0.4, 0.5) is 4.39 Å². The fraction of sp³-hybridized carbons (Fsp3) is 0.0741. The molecule has 166 valence electrons. The number of carboxylic acid groups (broad SMARTS) is 1. The number of alkyl halides is 1. The Hall–Kier alpha value is -3.90. The maximum atomic E-state index is 15.0. The Morgan fingerprint density at radius 1 is 1.12 bits per heavy atom.